The van der Waals surface area contributed by atoms with Crippen molar-refractivity contribution in [2.75, 3.05) is 18.1 Å². The summed E-state index contributed by atoms with van der Waals surface area (Å²) in [6.45, 7) is 1.42. The molecule has 2 aromatic carbocycles. The van der Waals surface area contributed by atoms with Gasteiger partial charge in [0.05, 0.1) is 17.9 Å². The summed E-state index contributed by atoms with van der Waals surface area (Å²) in [5.41, 5.74) is 2.53. The fourth-order valence-electron chi connectivity index (χ4n) is 3.62. The van der Waals surface area contributed by atoms with Crippen LogP contribution in [0.3, 0.4) is 0 Å². The number of para-hydroxylation sites is 1. The third-order valence-electron chi connectivity index (χ3n) is 4.75. The smallest absolute Gasteiger partial charge is 0.291 e. The summed E-state index contributed by atoms with van der Waals surface area (Å²) in [7, 11) is 0. The molecule has 0 aromatic heterocycles. The Morgan fingerprint density at radius 2 is 1.70 bits per heavy atom. The highest BCUT2D eigenvalue weighted by atomic mass is 16.2. The minimum absolute atomic E-state index is 0.312. The number of carbonyl (C=O) groups excluding carboxylic acids is 2. The van der Waals surface area contributed by atoms with Gasteiger partial charge in [-0.1, -0.05) is 42.5 Å². The van der Waals surface area contributed by atoms with Gasteiger partial charge in [0.25, 0.3) is 5.78 Å². The lowest BCUT2D eigenvalue weighted by molar-refractivity contribution is -0.114. The molecule has 2 aliphatic rings. The van der Waals surface area contributed by atoms with Gasteiger partial charge in [0.15, 0.2) is 0 Å². The molecule has 4 heteroatoms. The van der Waals surface area contributed by atoms with E-state index in [0.29, 0.717) is 18.3 Å². The van der Waals surface area contributed by atoms with Crippen molar-refractivity contribution in [3.8, 4) is 0 Å². The molecule has 4 rings (SSSR count). The zero-order valence-corrected chi connectivity index (χ0v) is 12.8. The molecule has 116 valence electrons. The number of Topliss-reactive ketones (excluding diaryl/α,β-unsaturated/α-hetero) is 1. The molecule has 0 bridgehead atoms. The minimum atomic E-state index is -0.412. The van der Waals surface area contributed by atoms with E-state index in [-0.39, 0.29) is 0 Å². The first-order valence-electron chi connectivity index (χ1n) is 8.00. The Kier molecular flexibility index (Phi) is 3.46. The van der Waals surface area contributed by atoms with E-state index in [1.165, 1.54) is 5.56 Å². The lowest BCUT2D eigenvalue weighted by Crippen LogP contribution is -2.40. The van der Waals surface area contributed by atoms with Gasteiger partial charge in [-0.2, -0.15) is 0 Å². The highest BCUT2D eigenvalue weighted by Gasteiger charge is 2.38. The van der Waals surface area contributed by atoms with E-state index in [1.807, 2.05) is 30.3 Å². The predicted octanol–water partition coefficient (Wildman–Crippen LogP) is 3.01. The van der Waals surface area contributed by atoms with Crippen LogP contribution in [0.25, 0.3) is 0 Å². The average molecular weight is 306 g/mol. The molecule has 2 aromatic rings. The summed E-state index contributed by atoms with van der Waals surface area (Å²) in [5.74, 6) is -0.805. The summed E-state index contributed by atoms with van der Waals surface area (Å²) in [4.78, 5) is 28.4. The fraction of sp³-hybridized carbons (Fsp3) is 0.263. The van der Waals surface area contributed by atoms with E-state index >= 15 is 0 Å². The summed E-state index contributed by atoms with van der Waals surface area (Å²) in [6, 6.07) is 17.9. The first-order valence-corrected chi connectivity index (χ1v) is 8.00. The number of ketones is 1. The Morgan fingerprint density at radius 3 is 2.52 bits per heavy atom. The first kappa shape index (κ1) is 14.2. The predicted molar refractivity (Wildman–Crippen MR) is 88.2 cm³/mol. The van der Waals surface area contributed by atoms with Gasteiger partial charge in [0, 0.05) is 12.6 Å². The molecule has 2 heterocycles. The van der Waals surface area contributed by atoms with E-state index in [2.05, 4.69) is 17.0 Å². The van der Waals surface area contributed by atoms with Crippen LogP contribution in [0.15, 0.2) is 54.6 Å². The zero-order valence-electron chi connectivity index (χ0n) is 12.8. The van der Waals surface area contributed by atoms with E-state index < -0.39 is 11.7 Å². The third kappa shape index (κ3) is 2.35. The molecule has 1 atom stereocenters. The van der Waals surface area contributed by atoms with Crippen molar-refractivity contribution in [1.29, 1.82) is 0 Å². The van der Waals surface area contributed by atoms with Crippen LogP contribution in [0, 0.1) is 0 Å². The summed E-state index contributed by atoms with van der Waals surface area (Å²) < 4.78 is 0. The standard InChI is InChI=1S/C19H18N2O2/c22-18-15-9-4-5-10-17(15)21(19(18)23)13-20-12-6-11-16(20)14-7-2-1-3-8-14/h1-5,7-10,16H,6,11-13H2/t16-/m1/s1. The van der Waals surface area contributed by atoms with Crippen LogP contribution in [0.4, 0.5) is 5.69 Å². The van der Waals surface area contributed by atoms with E-state index in [9.17, 15) is 9.59 Å². The number of amides is 1. The number of anilines is 1. The monoisotopic (exact) mass is 306 g/mol. The number of nitrogens with zero attached hydrogens (tertiary/aromatic N) is 2. The van der Waals surface area contributed by atoms with Crippen molar-refractivity contribution in [2.45, 2.75) is 18.9 Å². The number of fused-ring (bicyclic) bond motifs is 1. The highest BCUT2D eigenvalue weighted by Crippen LogP contribution is 2.35. The molecule has 0 saturated carbocycles. The molecule has 0 spiro atoms. The average Bonchev–Trinajstić information content (AvgIpc) is 3.15. The topological polar surface area (TPSA) is 40.6 Å². The Balaban J connectivity index is 1.61. The second kappa shape index (κ2) is 5.63. The van der Waals surface area contributed by atoms with Crippen LogP contribution in [0.5, 0.6) is 0 Å². The van der Waals surface area contributed by atoms with Crippen molar-refractivity contribution in [2.24, 2.45) is 0 Å². The molecule has 0 aliphatic carbocycles. The van der Waals surface area contributed by atoms with Crippen LogP contribution in [-0.2, 0) is 4.79 Å². The van der Waals surface area contributed by atoms with Gasteiger partial charge in [-0.15, -0.1) is 0 Å². The Hall–Kier alpha value is -2.46. The van der Waals surface area contributed by atoms with Crippen LogP contribution in [0.2, 0.25) is 0 Å². The van der Waals surface area contributed by atoms with Gasteiger partial charge < -0.3 is 0 Å². The van der Waals surface area contributed by atoms with Gasteiger partial charge in [-0.05, 0) is 30.5 Å². The van der Waals surface area contributed by atoms with Crippen LogP contribution in [0.1, 0.15) is 34.8 Å². The number of rotatable bonds is 3. The van der Waals surface area contributed by atoms with E-state index in [0.717, 1.165) is 25.1 Å². The summed E-state index contributed by atoms with van der Waals surface area (Å²) in [5, 5.41) is 0. The van der Waals surface area contributed by atoms with Crippen molar-refractivity contribution in [3.05, 3.63) is 65.7 Å². The van der Waals surface area contributed by atoms with E-state index in [1.54, 1.807) is 17.0 Å². The molecule has 0 radical (unpaired) electrons. The Morgan fingerprint density at radius 1 is 0.957 bits per heavy atom. The quantitative estimate of drug-likeness (QED) is 0.819. The van der Waals surface area contributed by atoms with Gasteiger partial charge >= 0.3 is 5.91 Å². The number of hydrogen-bond acceptors (Lipinski definition) is 3. The molecule has 0 N–H and O–H groups in total. The molecule has 1 fully saturated rings. The zero-order chi connectivity index (χ0) is 15.8. The molecule has 4 nitrogen and oxygen atoms in total. The molecular formula is C19H18N2O2. The molecule has 1 amide bonds. The molecule has 23 heavy (non-hydrogen) atoms. The lowest BCUT2D eigenvalue weighted by atomic mass is 10.1. The maximum absolute atomic E-state index is 12.3. The third-order valence-corrected chi connectivity index (χ3v) is 4.75. The second-order valence-electron chi connectivity index (χ2n) is 6.10. The molecule has 1 saturated heterocycles. The summed E-state index contributed by atoms with van der Waals surface area (Å²) in [6.07, 6.45) is 2.19. The fourth-order valence-corrected chi connectivity index (χ4v) is 3.62. The molecule has 0 unspecified atom stereocenters. The van der Waals surface area contributed by atoms with Crippen LogP contribution >= 0.6 is 0 Å². The second-order valence-corrected chi connectivity index (χ2v) is 6.10. The molecular weight excluding hydrogens is 288 g/mol. The van der Waals surface area contributed by atoms with Crippen LogP contribution in [-0.4, -0.2) is 29.8 Å². The minimum Gasteiger partial charge on any atom is -0.291 e. The largest absolute Gasteiger partial charge is 0.300 e. The number of carbonyl (C=O) groups is 2. The number of hydrogen-bond donors (Lipinski definition) is 0. The van der Waals surface area contributed by atoms with Gasteiger partial charge in [0.2, 0.25) is 0 Å². The number of likely N-dealkylation sites (tertiary alicyclic amines) is 1. The maximum atomic E-state index is 12.3. The SMILES string of the molecule is O=C1C(=O)N(CN2CCC[C@@H]2c2ccccc2)c2ccccc21. The van der Waals surface area contributed by atoms with Crippen molar-refractivity contribution >= 4 is 17.4 Å². The highest BCUT2D eigenvalue weighted by molar-refractivity contribution is 6.52. The van der Waals surface area contributed by atoms with Gasteiger partial charge in [0.1, 0.15) is 0 Å². The van der Waals surface area contributed by atoms with Crippen molar-refractivity contribution in [3.63, 3.8) is 0 Å². The van der Waals surface area contributed by atoms with Gasteiger partial charge in [-0.3, -0.25) is 19.4 Å². The normalized spacial score (nSPS) is 21.0. The van der Waals surface area contributed by atoms with Crippen molar-refractivity contribution in [1.82, 2.24) is 4.90 Å². The number of benzene rings is 2. The molecule has 2 aliphatic heterocycles. The van der Waals surface area contributed by atoms with E-state index in [4.69, 9.17) is 0 Å². The lowest BCUT2D eigenvalue weighted by Gasteiger charge is -2.29. The first-order chi connectivity index (χ1) is 11.3. The maximum Gasteiger partial charge on any atom is 0.300 e. The Bertz CT molecular complexity index is 757. The Labute approximate surface area is 135 Å². The van der Waals surface area contributed by atoms with Crippen LogP contribution < -0.4 is 4.90 Å². The van der Waals surface area contributed by atoms with Gasteiger partial charge in [-0.25, -0.2) is 0 Å². The van der Waals surface area contributed by atoms with Crippen molar-refractivity contribution < 1.29 is 9.59 Å². The summed E-state index contributed by atoms with van der Waals surface area (Å²) >= 11 is 0.